The molecule has 0 amide bonds. The van der Waals surface area contributed by atoms with Gasteiger partial charge in [-0.05, 0) is 41.5 Å². The first-order chi connectivity index (χ1) is 12.3. The summed E-state index contributed by atoms with van der Waals surface area (Å²) in [6.45, 7) is 4.59. The summed E-state index contributed by atoms with van der Waals surface area (Å²) in [5.74, 6) is -0.354. The molecule has 0 unspecified atom stereocenters. The average Bonchev–Trinajstić information content (AvgIpc) is 2.91. The zero-order valence-corrected chi connectivity index (χ0v) is 15.0. The Morgan fingerprint density at radius 1 is 1.35 bits per heavy atom. The van der Waals surface area contributed by atoms with Gasteiger partial charge in [0.05, 0.1) is 10.3 Å². The Hall–Kier alpha value is -3.14. The normalized spacial score (nSPS) is 10.9. The molecule has 10 heteroatoms. The van der Waals surface area contributed by atoms with Crippen LogP contribution in [0.3, 0.4) is 0 Å². The van der Waals surface area contributed by atoms with Crippen LogP contribution in [0.2, 0.25) is 0 Å². The highest BCUT2D eigenvalue weighted by Crippen LogP contribution is 2.28. The number of thiophene rings is 1. The molecule has 0 fully saturated rings. The van der Waals surface area contributed by atoms with Crippen LogP contribution in [0.4, 0.5) is 5.82 Å². The molecule has 0 saturated heterocycles. The Kier molecular flexibility index (Phi) is 4.51. The second-order valence-electron chi connectivity index (χ2n) is 5.63. The van der Waals surface area contributed by atoms with Crippen molar-refractivity contribution in [3.63, 3.8) is 0 Å². The van der Waals surface area contributed by atoms with Crippen LogP contribution in [0.5, 0.6) is 5.75 Å². The van der Waals surface area contributed by atoms with E-state index in [1.54, 1.807) is 19.9 Å². The minimum absolute atomic E-state index is 0.0184. The minimum Gasteiger partial charge on any atom is -0.478 e. The number of hydrogen-bond donors (Lipinski definition) is 1. The molecule has 3 rings (SSSR count). The van der Waals surface area contributed by atoms with Gasteiger partial charge in [0.1, 0.15) is 23.0 Å². The molecule has 9 nitrogen and oxygen atoms in total. The third kappa shape index (κ3) is 3.18. The minimum atomic E-state index is -0.635. The zero-order chi connectivity index (χ0) is 19.0. The largest absolute Gasteiger partial charge is 0.478 e. The number of hydrogen-bond acceptors (Lipinski definition) is 8. The van der Waals surface area contributed by atoms with E-state index in [1.807, 2.05) is 0 Å². The van der Waals surface area contributed by atoms with E-state index in [0.29, 0.717) is 26.4 Å². The Bertz CT molecular complexity index is 1100. The van der Waals surface area contributed by atoms with Crippen LogP contribution in [0, 0.1) is 24.0 Å². The van der Waals surface area contributed by atoms with E-state index in [2.05, 4.69) is 15.0 Å². The van der Waals surface area contributed by atoms with E-state index in [1.165, 1.54) is 13.0 Å². The maximum Gasteiger partial charge on any atom is 0.406 e. The number of nitro groups is 1. The number of aryl methyl sites for hydroxylation is 2. The van der Waals surface area contributed by atoms with Crippen LogP contribution in [0.25, 0.3) is 10.2 Å². The number of Topliss-reactive ketones (excluding diaryl/α,β-unsaturated/α-hetero) is 1. The lowest BCUT2D eigenvalue weighted by Crippen LogP contribution is -2.13. The maximum absolute atomic E-state index is 12.3. The van der Waals surface area contributed by atoms with Gasteiger partial charge in [0.25, 0.3) is 5.56 Å². The average molecular weight is 374 g/mol. The first-order valence-electron chi connectivity index (χ1n) is 7.56. The first-order valence-corrected chi connectivity index (χ1v) is 8.37. The number of nitrogens with one attached hydrogen (secondary N) is 1. The fraction of sp³-hybridized carbons (Fsp3) is 0.250. The standard InChI is InChI=1S/C16H14N4O5S/c1-7-4-5-10(14(17-7)20(23)24)25-6-11-18-15(22)12-8(2)13(9(3)21)26-16(12)19-11/h4-5H,6H2,1-3H3,(H,18,19,22). The topological polar surface area (TPSA) is 128 Å². The predicted octanol–water partition coefficient (Wildman–Crippen LogP) is 2.69. The number of carbonyl (C=O) groups is 1. The van der Waals surface area contributed by atoms with Crippen molar-refractivity contribution in [2.45, 2.75) is 27.4 Å². The highest BCUT2D eigenvalue weighted by molar-refractivity contribution is 7.20. The highest BCUT2D eigenvalue weighted by atomic mass is 32.1. The highest BCUT2D eigenvalue weighted by Gasteiger charge is 2.19. The van der Waals surface area contributed by atoms with E-state index in [9.17, 15) is 19.7 Å². The van der Waals surface area contributed by atoms with Crippen LogP contribution in [-0.4, -0.2) is 25.7 Å². The fourth-order valence-electron chi connectivity index (χ4n) is 2.51. The van der Waals surface area contributed by atoms with Gasteiger partial charge in [0, 0.05) is 6.92 Å². The van der Waals surface area contributed by atoms with Gasteiger partial charge in [0.2, 0.25) is 5.75 Å². The third-order valence-electron chi connectivity index (χ3n) is 3.69. The van der Waals surface area contributed by atoms with Crippen molar-refractivity contribution < 1.29 is 14.5 Å². The Morgan fingerprint density at radius 2 is 2.08 bits per heavy atom. The van der Waals surface area contributed by atoms with E-state index < -0.39 is 10.7 Å². The number of aromatic amines is 1. The summed E-state index contributed by atoms with van der Waals surface area (Å²) in [6, 6.07) is 3.03. The van der Waals surface area contributed by atoms with Crippen LogP contribution < -0.4 is 10.3 Å². The molecular weight excluding hydrogens is 360 g/mol. The Morgan fingerprint density at radius 3 is 2.73 bits per heavy atom. The van der Waals surface area contributed by atoms with Gasteiger partial charge in [-0.25, -0.2) is 4.98 Å². The summed E-state index contributed by atoms with van der Waals surface area (Å²) in [5.41, 5.74) is 0.700. The van der Waals surface area contributed by atoms with Crippen LogP contribution in [-0.2, 0) is 6.61 Å². The van der Waals surface area contributed by atoms with Gasteiger partial charge in [0.15, 0.2) is 5.78 Å². The van der Waals surface area contributed by atoms with Crippen molar-refractivity contribution in [3.8, 4) is 5.75 Å². The number of H-pyrrole nitrogens is 1. The molecule has 0 aromatic carbocycles. The number of nitrogens with zero attached hydrogens (tertiary/aromatic N) is 3. The molecule has 26 heavy (non-hydrogen) atoms. The quantitative estimate of drug-likeness (QED) is 0.413. The van der Waals surface area contributed by atoms with E-state index in [4.69, 9.17) is 4.74 Å². The van der Waals surface area contributed by atoms with Gasteiger partial charge in [-0.15, -0.1) is 11.3 Å². The molecule has 0 saturated carbocycles. The molecule has 0 aliphatic heterocycles. The van der Waals surface area contributed by atoms with Gasteiger partial charge >= 0.3 is 5.82 Å². The summed E-state index contributed by atoms with van der Waals surface area (Å²) in [7, 11) is 0. The molecule has 1 N–H and O–H groups in total. The van der Waals surface area contributed by atoms with Crippen LogP contribution in [0.15, 0.2) is 16.9 Å². The van der Waals surface area contributed by atoms with Crippen molar-refractivity contribution in [2.75, 3.05) is 0 Å². The maximum atomic E-state index is 12.3. The van der Waals surface area contributed by atoms with Crippen molar-refractivity contribution in [2.24, 2.45) is 0 Å². The molecule has 0 bridgehead atoms. The van der Waals surface area contributed by atoms with E-state index in [-0.39, 0.29) is 29.5 Å². The lowest BCUT2D eigenvalue weighted by Gasteiger charge is -2.06. The summed E-state index contributed by atoms with van der Waals surface area (Å²) in [6.07, 6.45) is 0. The van der Waals surface area contributed by atoms with Gasteiger partial charge < -0.3 is 19.8 Å². The number of ketones is 1. The molecule has 0 radical (unpaired) electrons. The van der Waals surface area contributed by atoms with E-state index >= 15 is 0 Å². The zero-order valence-electron chi connectivity index (χ0n) is 14.2. The molecule has 134 valence electrons. The summed E-state index contributed by atoms with van der Waals surface area (Å²) >= 11 is 1.14. The summed E-state index contributed by atoms with van der Waals surface area (Å²) < 4.78 is 5.43. The molecule has 3 aromatic rings. The second kappa shape index (κ2) is 6.64. The lowest BCUT2D eigenvalue weighted by atomic mass is 10.2. The summed E-state index contributed by atoms with van der Waals surface area (Å²) in [4.78, 5) is 46.0. The van der Waals surface area contributed by atoms with Crippen LogP contribution in [0.1, 0.15) is 33.7 Å². The van der Waals surface area contributed by atoms with E-state index in [0.717, 1.165) is 11.3 Å². The molecule has 0 spiro atoms. The van der Waals surface area contributed by atoms with Crippen molar-refractivity contribution in [3.05, 3.63) is 54.6 Å². The van der Waals surface area contributed by atoms with Crippen LogP contribution >= 0.6 is 11.3 Å². The predicted molar refractivity (Wildman–Crippen MR) is 94.9 cm³/mol. The smallest absolute Gasteiger partial charge is 0.406 e. The second-order valence-corrected chi connectivity index (χ2v) is 6.62. The molecule has 0 aliphatic carbocycles. The van der Waals surface area contributed by atoms with Gasteiger partial charge in [-0.3, -0.25) is 9.59 Å². The SMILES string of the molecule is CC(=O)c1sc2nc(COc3ccc(C)nc3[N+](=O)[O-])[nH]c(=O)c2c1C. The number of pyridine rings is 1. The number of rotatable bonds is 5. The van der Waals surface area contributed by atoms with Crippen molar-refractivity contribution >= 4 is 33.2 Å². The number of fused-ring (bicyclic) bond motifs is 1. The monoisotopic (exact) mass is 374 g/mol. The summed E-state index contributed by atoms with van der Waals surface area (Å²) in [5, 5.41) is 11.4. The number of carbonyl (C=O) groups excluding carboxylic acids is 1. The molecule has 0 atom stereocenters. The molecule has 3 aromatic heterocycles. The number of ether oxygens (including phenoxy) is 1. The van der Waals surface area contributed by atoms with Crippen molar-refractivity contribution in [1.82, 2.24) is 15.0 Å². The van der Waals surface area contributed by atoms with Gasteiger partial charge in [-0.2, -0.15) is 0 Å². The molecule has 0 aliphatic rings. The number of aromatic nitrogens is 3. The molecule has 3 heterocycles. The third-order valence-corrected chi connectivity index (χ3v) is 4.97. The van der Waals surface area contributed by atoms with Gasteiger partial charge in [-0.1, -0.05) is 0 Å². The Labute approximate surface area is 150 Å². The first kappa shape index (κ1) is 17.7. The molecular formula is C16H14N4O5S. The Balaban J connectivity index is 1.95. The fourth-order valence-corrected chi connectivity index (χ4v) is 3.61. The van der Waals surface area contributed by atoms with Crippen molar-refractivity contribution in [1.29, 1.82) is 0 Å². The lowest BCUT2D eigenvalue weighted by molar-refractivity contribution is -0.390.